The Bertz CT molecular complexity index is 730. The van der Waals surface area contributed by atoms with Gasteiger partial charge in [-0.05, 0) is 29.5 Å². The quantitative estimate of drug-likeness (QED) is 0.733. The summed E-state index contributed by atoms with van der Waals surface area (Å²) in [4.78, 5) is 16.7. The number of amides is 1. The summed E-state index contributed by atoms with van der Waals surface area (Å²) in [7, 11) is 0. The van der Waals surface area contributed by atoms with Crippen molar-refractivity contribution in [1.29, 1.82) is 0 Å². The van der Waals surface area contributed by atoms with Crippen LogP contribution in [-0.4, -0.2) is 10.9 Å². The van der Waals surface area contributed by atoms with E-state index in [1.165, 1.54) is 4.88 Å². The van der Waals surface area contributed by atoms with Crippen molar-refractivity contribution >= 4 is 28.1 Å². The molecule has 0 aliphatic heterocycles. The molecule has 0 saturated heterocycles. The molecule has 0 fully saturated rings. The zero-order chi connectivity index (χ0) is 14.7. The van der Waals surface area contributed by atoms with Gasteiger partial charge in [0.05, 0.1) is 12.5 Å². The van der Waals surface area contributed by atoms with Crippen molar-refractivity contribution in [3.63, 3.8) is 0 Å². The molecule has 1 unspecified atom stereocenters. The van der Waals surface area contributed by atoms with Crippen molar-refractivity contribution in [2.45, 2.75) is 25.8 Å². The monoisotopic (exact) mass is 298 g/mol. The van der Waals surface area contributed by atoms with Crippen LogP contribution in [0, 0.1) is 0 Å². The van der Waals surface area contributed by atoms with E-state index in [1.54, 1.807) is 11.3 Å². The predicted molar refractivity (Wildman–Crippen MR) is 87.5 cm³/mol. The summed E-state index contributed by atoms with van der Waals surface area (Å²) in [6.45, 7) is 2.09. The third-order valence-electron chi connectivity index (χ3n) is 3.66. The number of hydrogen-bond acceptors (Lipinski definition) is 2. The minimum atomic E-state index is 0.0694. The van der Waals surface area contributed by atoms with Crippen LogP contribution in [0.1, 0.15) is 29.8 Å². The molecule has 4 heteroatoms. The van der Waals surface area contributed by atoms with Crippen LogP contribution in [-0.2, 0) is 11.2 Å². The first-order valence-corrected chi connectivity index (χ1v) is 8.03. The Kier molecular flexibility index (Phi) is 4.06. The van der Waals surface area contributed by atoms with Crippen molar-refractivity contribution in [2.75, 3.05) is 0 Å². The van der Waals surface area contributed by atoms with Crippen LogP contribution in [0.4, 0.5) is 0 Å². The molecule has 0 aliphatic carbocycles. The topological polar surface area (TPSA) is 44.9 Å². The molecule has 108 valence electrons. The molecule has 2 heterocycles. The van der Waals surface area contributed by atoms with Crippen LogP contribution < -0.4 is 5.32 Å². The number of hydrogen-bond donors (Lipinski definition) is 2. The van der Waals surface area contributed by atoms with Gasteiger partial charge in [0.15, 0.2) is 0 Å². The lowest BCUT2D eigenvalue weighted by Gasteiger charge is -2.15. The number of carbonyl (C=O) groups is 1. The molecule has 2 N–H and O–H groups in total. The number of aromatic amines is 1. The smallest absolute Gasteiger partial charge is 0.225 e. The molecule has 0 bridgehead atoms. The number of benzene rings is 1. The number of aromatic nitrogens is 1. The molecular weight excluding hydrogens is 280 g/mol. The highest BCUT2D eigenvalue weighted by molar-refractivity contribution is 7.10. The standard InChI is InChI=1S/C17H18N2OS/c1-2-14(16-8-5-9-21-16)19-17(20)10-12-11-18-15-7-4-3-6-13(12)15/h3-9,11,14,18H,2,10H2,1H3,(H,19,20). The lowest BCUT2D eigenvalue weighted by atomic mass is 10.1. The highest BCUT2D eigenvalue weighted by atomic mass is 32.1. The fraction of sp³-hybridized carbons (Fsp3) is 0.235. The molecule has 1 aromatic carbocycles. The Labute approximate surface area is 128 Å². The fourth-order valence-electron chi connectivity index (χ4n) is 2.56. The maximum atomic E-state index is 12.3. The summed E-state index contributed by atoms with van der Waals surface area (Å²) >= 11 is 1.69. The number of nitrogens with one attached hydrogen (secondary N) is 2. The van der Waals surface area contributed by atoms with E-state index in [-0.39, 0.29) is 11.9 Å². The molecule has 1 amide bonds. The average molecular weight is 298 g/mol. The molecule has 3 nitrogen and oxygen atoms in total. The molecule has 0 spiro atoms. The number of thiophene rings is 1. The summed E-state index contributed by atoms with van der Waals surface area (Å²) in [5.74, 6) is 0.0694. The normalized spacial score (nSPS) is 12.4. The van der Waals surface area contributed by atoms with Gasteiger partial charge < -0.3 is 10.3 Å². The third kappa shape index (κ3) is 3.00. The van der Waals surface area contributed by atoms with Crippen LogP contribution in [0.2, 0.25) is 0 Å². The summed E-state index contributed by atoms with van der Waals surface area (Å²) in [6, 6.07) is 12.3. The SMILES string of the molecule is CCC(NC(=O)Cc1c[nH]c2ccccc12)c1cccs1. The lowest BCUT2D eigenvalue weighted by molar-refractivity contribution is -0.121. The first kappa shape index (κ1) is 13.9. The largest absolute Gasteiger partial charge is 0.361 e. The van der Waals surface area contributed by atoms with Gasteiger partial charge in [-0.25, -0.2) is 0 Å². The number of rotatable bonds is 5. The highest BCUT2D eigenvalue weighted by Gasteiger charge is 2.15. The van der Waals surface area contributed by atoms with Crippen molar-refractivity contribution in [3.05, 3.63) is 58.4 Å². The van der Waals surface area contributed by atoms with Gasteiger partial charge >= 0.3 is 0 Å². The second kappa shape index (κ2) is 6.14. The van der Waals surface area contributed by atoms with E-state index in [0.717, 1.165) is 22.9 Å². The number of carbonyl (C=O) groups excluding carboxylic acids is 1. The van der Waals surface area contributed by atoms with E-state index < -0.39 is 0 Å². The highest BCUT2D eigenvalue weighted by Crippen LogP contribution is 2.22. The average Bonchev–Trinajstić information content (AvgIpc) is 3.15. The van der Waals surface area contributed by atoms with Gasteiger partial charge in [-0.3, -0.25) is 4.79 Å². The summed E-state index contributed by atoms with van der Waals surface area (Å²) in [6.07, 6.45) is 3.24. The van der Waals surface area contributed by atoms with Gasteiger partial charge in [-0.2, -0.15) is 0 Å². The number of H-pyrrole nitrogens is 1. The summed E-state index contributed by atoms with van der Waals surface area (Å²) in [5, 5.41) is 6.30. The summed E-state index contributed by atoms with van der Waals surface area (Å²) < 4.78 is 0. The third-order valence-corrected chi connectivity index (χ3v) is 4.64. The predicted octanol–water partition coefficient (Wildman–Crippen LogP) is 4.04. The molecule has 0 radical (unpaired) electrons. The van der Waals surface area contributed by atoms with E-state index in [4.69, 9.17) is 0 Å². The first-order chi connectivity index (χ1) is 10.3. The second-order valence-electron chi connectivity index (χ2n) is 5.08. The van der Waals surface area contributed by atoms with E-state index in [0.29, 0.717) is 6.42 Å². The Morgan fingerprint density at radius 3 is 2.90 bits per heavy atom. The molecule has 0 saturated carbocycles. The van der Waals surface area contributed by atoms with E-state index in [2.05, 4.69) is 23.3 Å². The molecule has 0 aliphatic rings. The van der Waals surface area contributed by atoms with Crippen LogP contribution in [0.5, 0.6) is 0 Å². The Hall–Kier alpha value is -2.07. The molecule has 1 atom stereocenters. The molecular formula is C17H18N2OS. The van der Waals surface area contributed by atoms with E-state index in [1.807, 2.05) is 41.9 Å². The van der Waals surface area contributed by atoms with Crippen LogP contribution in [0.15, 0.2) is 48.0 Å². The minimum Gasteiger partial charge on any atom is -0.361 e. The Morgan fingerprint density at radius 2 is 2.14 bits per heavy atom. The minimum absolute atomic E-state index is 0.0694. The van der Waals surface area contributed by atoms with E-state index in [9.17, 15) is 4.79 Å². The zero-order valence-electron chi connectivity index (χ0n) is 11.9. The van der Waals surface area contributed by atoms with Gasteiger partial charge in [0.25, 0.3) is 0 Å². The van der Waals surface area contributed by atoms with Crippen molar-refractivity contribution in [3.8, 4) is 0 Å². The maximum Gasteiger partial charge on any atom is 0.225 e. The Balaban J connectivity index is 1.71. The van der Waals surface area contributed by atoms with Gasteiger partial charge in [0.1, 0.15) is 0 Å². The van der Waals surface area contributed by atoms with Crippen molar-refractivity contribution in [2.24, 2.45) is 0 Å². The van der Waals surface area contributed by atoms with Crippen LogP contribution in [0.3, 0.4) is 0 Å². The Morgan fingerprint density at radius 1 is 1.29 bits per heavy atom. The molecule has 2 aromatic heterocycles. The first-order valence-electron chi connectivity index (χ1n) is 7.15. The number of fused-ring (bicyclic) bond motifs is 1. The van der Waals surface area contributed by atoms with Crippen LogP contribution in [0.25, 0.3) is 10.9 Å². The second-order valence-corrected chi connectivity index (χ2v) is 6.06. The summed E-state index contributed by atoms with van der Waals surface area (Å²) in [5.41, 5.74) is 2.12. The molecule has 3 rings (SSSR count). The van der Waals surface area contributed by atoms with Crippen molar-refractivity contribution in [1.82, 2.24) is 10.3 Å². The number of para-hydroxylation sites is 1. The van der Waals surface area contributed by atoms with Gasteiger partial charge in [-0.15, -0.1) is 11.3 Å². The lowest BCUT2D eigenvalue weighted by Crippen LogP contribution is -2.28. The van der Waals surface area contributed by atoms with E-state index >= 15 is 0 Å². The van der Waals surface area contributed by atoms with Gasteiger partial charge in [0.2, 0.25) is 5.91 Å². The molecule has 3 aromatic rings. The van der Waals surface area contributed by atoms with Gasteiger partial charge in [0, 0.05) is 22.0 Å². The molecule has 21 heavy (non-hydrogen) atoms. The van der Waals surface area contributed by atoms with Crippen molar-refractivity contribution < 1.29 is 4.79 Å². The van der Waals surface area contributed by atoms with Gasteiger partial charge in [-0.1, -0.05) is 31.2 Å². The fourth-order valence-corrected chi connectivity index (χ4v) is 3.42. The maximum absolute atomic E-state index is 12.3. The zero-order valence-corrected chi connectivity index (χ0v) is 12.7. The van der Waals surface area contributed by atoms with Crippen LogP contribution >= 0.6 is 11.3 Å².